The van der Waals surface area contributed by atoms with Crippen molar-refractivity contribution in [3.63, 3.8) is 0 Å². The smallest absolute Gasteiger partial charge is 0.246 e. The van der Waals surface area contributed by atoms with E-state index >= 15 is 0 Å². The zero-order valence-electron chi connectivity index (χ0n) is 11.9. The largest absolute Gasteiger partial charge is 0.381 e. The summed E-state index contributed by atoms with van der Waals surface area (Å²) in [5.74, 6) is 0.0337. The van der Waals surface area contributed by atoms with Crippen molar-refractivity contribution < 1.29 is 13.2 Å². The van der Waals surface area contributed by atoms with E-state index < -0.39 is 10.0 Å². The van der Waals surface area contributed by atoms with Crippen LogP contribution >= 0.6 is 0 Å². The number of ether oxygens (including phenoxy) is 1. The van der Waals surface area contributed by atoms with E-state index in [-0.39, 0.29) is 16.8 Å². The van der Waals surface area contributed by atoms with Crippen molar-refractivity contribution in [1.82, 2.24) is 14.5 Å². The highest BCUT2D eigenvalue weighted by atomic mass is 32.2. The molecule has 1 aliphatic rings. The third kappa shape index (κ3) is 3.31. The molecular weight excluding hydrogens is 280 g/mol. The average Bonchev–Trinajstić information content (AvgIpc) is 2.64. The topological polar surface area (TPSA) is 99.2 Å². The Kier molecular flexibility index (Phi) is 4.66. The molecule has 2 rings (SSSR count). The van der Waals surface area contributed by atoms with Crippen molar-refractivity contribution in [2.75, 3.05) is 18.9 Å². The minimum atomic E-state index is -3.62. The molecule has 114 valence electrons. The highest BCUT2D eigenvalue weighted by molar-refractivity contribution is 7.89. The monoisotopic (exact) mass is 302 g/mol. The number of aryl methyl sites for hydroxylation is 1. The fraction of sp³-hybridized carbons (Fsp3) is 0.750. The van der Waals surface area contributed by atoms with Crippen molar-refractivity contribution in [2.45, 2.75) is 43.6 Å². The molecule has 1 aromatic rings. The van der Waals surface area contributed by atoms with Crippen molar-refractivity contribution in [1.29, 1.82) is 0 Å². The van der Waals surface area contributed by atoms with Gasteiger partial charge in [0.1, 0.15) is 4.90 Å². The Morgan fingerprint density at radius 2 is 2.25 bits per heavy atom. The second-order valence-corrected chi connectivity index (χ2v) is 6.80. The molecule has 20 heavy (non-hydrogen) atoms. The SMILES string of the molecule is Cc1c(S(=O)(=O)NCCC2CCCCO2)c(N)nn1C. The summed E-state index contributed by atoms with van der Waals surface area (Å²) in [5, 5.41) is 3.93. The van der Waals surface area contributed by atoms with Crippen LogP contribution in [0.5, 0.6) is 0 Å². The van der Waals surface area contributed by atoms with Crippen LogP contribution in [0.15, 0.2) is 4.90 Å². The van der Waals surface area contributed by atoms with E-state index in [0.717, 1.165) is 25.9 Å². The number of nitrogens with one attached hydrogen (secondary N) is 1. The molecule has 0 saturated carbocycles. The molecule has 1 aliphatic heterocycles. The summed E-state index contributed by atoms with van der Waals surface area (Å²) in [7, 11) is -1.95. The van der Waals surface area contributed by atoms with E-state index in [1.165, 1.54) is 4.68 Å². The lowest BCUT2D eigenvalue weighted by Crippen LogP contribution is -2.30. The zero-order valence-corrected chi connectivity index (χ0v) is 12.7. The molecule has 1 unspecified atom stereocenters. The summed E-state index contributed by atoms with van der Waals surface area (Å²) < 4.78 is 34.1. The second-order valence-electron chi connectivity index (χ2n) is 5.10. The van der Waals surface area contributed by atoms with Crippen LogP contribution in [0.2, 0.25) is 0 Å². The van der Waals surface area contributed by atoms with Crippen molar-refractivity contribution in [3.05, 3.63) is 5.69 Å². The van der Waals surface area contributed by atoms with Gasteiger partial charge in [-0.15, -0.1) is 0 Å². The van der Waals surface area contributed by atoms with Gasteiger partial charge in [0.25, 0.3) is 0 Å². The van der Waals surface area contributed by atoms with Gasteiger partial charge in [0.15, 0.2) is 5.82 Å². The number of nitrogens with zero attached hydrogens (tertiary/aromatic N) is 2. The van der Waals surface area contributed by atoms with Gasteiger partial charge in [0, 0.05) is 20.2 Å². The summed E-state index contributed by atoms with van der Waals surface area (Å²) >= 11 is 0. The van der Waals surface area contributed by atoms with Gasteiger partial charge in [-0.2, -0.15) is 5.10 Å². The Bertz CT molecular complexity index is 562. The third-order valence-corrected chi connectivity index (χ3v) is 5.23. The van der Waals surface area contributed by atoms with Gasteiger partial charge in [0.05, 0.1) is 11.8 Å². The number of aromatic nitrogens is 2. The van der Waals surface area contributed by atoms with Gasteiger partial charge >= 0.3 is 0 Å². The Hall–Kier alpha value is -1.12. The molecule has 0 radical (unpaired) electrons. The standard InChI is InChI=1S/C12H22N4O3S/c1-9-11(12(13)15-16(9)2)20(17,18)14-7-6-10-5-3-4-8-19-10/h10,14H,3-8H2,1-2H3,(H2,13,15). The number of nitrogens with two attached hydrogens (primary N) is 1. The van der Waals surface area contributed by atoms with Crippen molar-refractivity contribution in [3.8, 4) is 0 Å². The lowest BCUT2D eigenvalue weighted by Gasteiger charge is -2.22. The van der Waals surface area contributed by atoms with Crippen LogP contribution in [-0.4, -0.2) is 37.5 Å². The number of sulfonamides is 1. The number of rotatable bonds is 5. The zero-order chi connectivity index (χ0) is 14.8. The summed E-state index contributed by atoms with van der Waals surface area (Å²) in [6.07, 6.45) is 4.06. The van der Waals surface area contributed by atoms with Crippen LogP contribution in [0.1, 0.15) is 31.4 Å². The third-order valence-electron chi connectivity index (χ3n) is 3.61. The van der Waals surface area contributed by atoms with Crippen LogP contribution in [0.3, 0.4) is 0 Å². The number of hydrogen-bond acceptors (Lipinski definition) is 5. The first-order valence-corrected chi connectivity index (χ1v) is 8.30. The second kappa shape index (κ2) is 6.11. The Morgan fingerprint density at radius 1 is 1.50 bits per heavy atom. The van der Waals surface area contributed by atoms with Crippen LogP contribution in [0.4, 0.5) is 5.82 Å². The fourth-order valence-electron chi connectivity index (χ4n) is 2.41. The Labute approximate surface area is 119 Å². The molecule has 1 saturated heterocycles. The molecule has 0 bridgehead atoms. The molecular formula is C12H22N4O3S. The summed E-state index contributed by atoms with van der Waals surface area (Å²) in [6, 6.07) is 0. The van der Waals surface area contributed by atoms with Gasteiger partial charge in [-0.25, -0.2) is 13.1 Å². The normalized spacial score (nSPS) is 20.2. The quantitative estimate of drug-likeness (QED) is 0.827. The predicted octanol–water partition coefficient (Wildman–Crippen LogP) is 0.548. The van der Waals surface area contributed by atoms with Gasteiger partial charge in [-0.3, -0.25) is 4.68 Å². The summed E-state index contributed by atoms with van der Waals surface area (Å²) in [4.78, 5) is 0.0737. The maximum absolute atomic E-state index is 12.2. The molecule has 8 heteroatoms. The summed E-state index contributed by atoms with van der Waals surface area (Å²) in [5.41, 5.74) is 6.20. The molecule has 1 fully saturated rings. The average molecular weight is 302 g/mol. The minimum absolute atomic E-state index is 0.0337. The van der Waals surface area contributed by atoms with Crippen molar-refractivity contribution >= 4 is 15.8 Å². The van der Waals surface area contributed by atoms with Crippen LogP contribution < -0.4 is 10.5 Å². The Morgan fingerprint density at radius 3 is 2.80 bits per heavy atom. The number of hydrogen-bond donors (Lipinski definition) is 2. The lowest BCUT2D eigenvalue weighted by molar-refractivity contribution is 0.0123. The Balaban J connectivity index is 1.97. The molecule has 1 aromatic heterocycles. The molecule has 0 aromatic carbocycles. The van der Waals surface area contributed by atoms with Crippen molar-refractivity contribution in [2.24, 2.45) is 7.05 Å². The lowest BCUT2D eigenvalue weighted by atomic mass is 10.1. The molecule has 7 nitrogen and oxygen atoms in total. The first kappa shape index (κ1) is 15.3. The molecule has 1 atom stereocenters. The van der Waals surface area contributed by atoms with Gasteiger partial charge in [0.2, 0.25) is 10.0 Å². The van der Waals surface area contributed by atoms with E-state index in [9.17, 15) is 8.42 Å². The summed E-state index contributed by atoms with van der Waals surface area (Å²) in [6.45, 7) is 2.80. The predicted molar refractivity (Wildman–Crippen MR) is 75.8 cm³/mol. The highest BCUT2D eigenvalue weighted by Gasteiger charge is 2.24. The highest BCUT2D eigenvalue weighted by Crippen LogP contribution is 2.21. The van der Waals surface area contributed by atoms with Gasteiger partial charge < -0.3 is 10.5 Å². The first-order chi connectivity index (χ1) is 9.42. The van der Waals surface area contributed by atoms with Gasteiger partial charge in [-0.1, -0.05) is 0 Å². The molecule has 0 spiro atoms. The van der Waals surface area contributed by atoms with Crippen LogP contribution in [-0.2, 0) is 21.8 Å². The van der Waals surface area contributed by atoms with Crippen LogP contribution in [0.25, 0.3) is 0 Å². The molecule has 2 heterocycles. The maximum Gasteiger partial charge on any atom is 0.246 e. The molecule has 0 amide bonds. The van der Waals surface area contributed by atoms with E-state index in [4.69, 9.17) is 10.5 Å². The molecule has 0 aliphatic carbocycles. The number of anilines is 1. The molecule has 3 N–H and O–H groups in total. The van der Waals surface area contributed by atoms with E-state index in [0.29, 0.717) is 18.7 Å². The van der Waals surface area contributed by atoms with Gasteiger partial charge in [-0.05, 0) is 32.6 Å². The minimum Gasteiger partial charge on any atom is -0.381 e. The first-order valence-electron chi connectivity index (χ1n) is 6.82. The van der Waals surface area contributed by atoms with E-state index in [1.807, 2.05) is 0 Å². The number of nitrogen functional groups attached to an aromatic ring is 1. The van der Waals surface area contributed by atoms with Crippen LogP contribution in [0, 0.1) is 6.92 Å². The maximum atomic E-state index is 12.2. The fourth-order valence-corrected chi connectivity index (χ4v) is 3.78. The van der Waals surface area contributed by atoms with E-state index in [1.54, 1.807) is 14.0 Å². The van der Waals surface area contributed by atoms with E-state index in [2.05, 4.69) is 9.82 Å².